The molecule has 0 aliphatic carbocycles. The highest BCUT2D eigenvalue weighted by Crippen LogP contribution is 2.22. The maximum Gasteiger partial charge on any atom is 0.338 e. The first-order valence-corrected chi connectivity index (χ1v) is 9.30. The number of carbonyl (C=O) groups is 3. The summed E-state index contributed by atoms with van der Waals surface area (Å²) in [6.45, 7) is 1.44. The molecule has 0 unspecified atom stereocenters. The zero-order valence-corrected chi connectivity index (χ0v) is 16.0. The standard InChI is InChI=1S/C20H15N3O5S/c1-12(17(24)23-19-14(11-21)8-10-29-19)28-20(26)13-4-6-15(7-5-13)22-18(25)16-3-2-9-27-16/h2-10,12H,1H3,(H,22,25)(H,23,24)/t12-/m1/s1. The van der Waals surface area contributed by atoms with Crippen LogP contribution in [0.25, 0.3) is 0 Å². The Morgan fingerprint density at radius 2 is 1.90 bits per heavy atom. The fourth-order valence-electron chi connectivity index (χ4n) is 2.28. The van der Waals surface area contributed by atoms with Crippen molar-refractivity contribution in [2.45, 2.75) is 13.0 Å². The number of amides is 2. The number of rotatable bonds is 6. The van der Waals surface area contributed by atoms with Gasteiger partial charge >= 0.3 is 5.97 Å². The summed E-state index contributed by atoms with van der Waals surface area (Å²) in [7, 11) is 0. The summed E-state index contributed by atoms with van der Waals surface area (Å²) in [5, 5.41) is 16.2. The van der Waals surface area contributed by atoms with Crippen LogP contribution in [0.1, 0.15) is 33.4 Å². The minimum Gasteiger partial charge on any atom is -0.459 e. The smallest absolute Gasteiger partial charge is 0.338 e. The summed E-state index contributed by atoms with van der Waals surface area (Å²) in [5.74, 6) is -1.48. The lowest BCUT2D eigenvalue weighted by Crippen LogP contribution is -2.29. The van der Waals surface area contributed by atoms with Gasteiger partial charge in [-0.15, -0.1) is 11.3 Å². The lowest BCUT2D eigenvalue weighted by Gasteiger charge is -2.13. The molecule has 1 aromatic carbocycles. The highest BCUT2D eigenvalue weighted by Gasteiger charge is 2.20. The largest absolute Gasteiger partial charge is 0.459 e. The molecule has 3 aromatic rings. The van der Waals surface area contributed by atoms with Crippen LogP contribution in [0, 0.1) is 11.3 Å². The molecule has 2 N–H and O–H groups in total. The van der Waals surface area contributed by atoms with E-state index in [0.717, 1.165) is 0 Å². The van der Waals surface area contributed by atoms with E-state index < -0.39 is 23.9 Å². The van der Waals surface area contributed by atoms with Gasteiger partial charge in [-0.2, -0.15) is 5.26 Å². The molecular formula is C20H15N3O5S. The van der Waals surface area contributed by atoms with Crippen LogP contribution in [-0.4, -0.2) is 23.9 Å². The Morgan fingerprint density at radius 3 is 2.55 bits per heavy atom. The zero-order valence-electron chi connectivity index (χ0n) is 15.2. The van der Waals surface area contributed by atoms with E-state index in [1.807, 2.05) is 6.07 Å². The van der Waals surface area contributed by atoms with E-state index in [-0.39, 0.29) is 11.3 Å². The molecule has 146 valence electrons. The normalized spacial score (nSPS) is 11.2. The third kappa shape index (κ3) is 4.88. The van der Waals surface area contributed by atoms with Crippen LogP contribution in [-0.2, 0) is 9.53 Å². The van der Waals surface area contributed by atoms with E-state index in [4.69, 9.17) is 14.4 Å². The number of furan rings is 1. The molecule has 9 heteroatoms. The van der Waals surface area contributed by atoms with Gasteiger partial charge in [0, 0.05) is 5.69 Å². The number of hydrogen-bond donors (Lipinski definition) is 2. The van der Waals surface area contributed by atoms with Crippen molar-refractivity contribution in [1.29, 1.82) is 5.26 Å². The number of esters is 1. The molecule has 0 aliphatic rings. The second kappa shape index (κ2) is 8.86. The zero-order chi connectivity index (χ0) is 20.8. The summed E-state index contributed by atoms with van der Waals surface area (Å²) in [6, 6.07) is 12.7. The number of hydrogen-bond acceptors (Lipinski definition) is 7. The van der Waals surface area contributed by atoms with Crippen molar-refractivity contribution in [2.24, 2.45) is 0 Å². The van der Waals surface area contributed by atoms with Gasteiger partial charge in [0.05, 0.1) is 17.4 Å². The average molecular weight is 409 g/mol. The predicted octanol–water partition coefficient (Wildman–Crippen LogP) is 3.65. The first-order valence-electron chi connectivity index (χ1n) is 8.42. The molecule has 0 saturated carbocycles. The van der Waals surface area contributed by atoms with Crippen molar-refractivity contribution in [1.82, 2.24) is 0 Å². The Bertz CT molecular complexity index is 1060. The van der Waals surface area contributed by atoms with Gasteiger partial charge in [0.2, 0.25) is 0 Å². The van der Waals surface area contributed by atoms with Crippen LogP contribution in [0.2, 0.25) is 0 Å². The molecule has 29 heavy (non-hydrogen) atoms. The molecule has 8 nitrogen and oxygen atoms in total. The molecule has 0 aliphatic heterocycles. The molecule has 0 spiro atoms. The number of thiophene rings is 1. The van der Waals surface area contributed by atoms with Crippen LogP contribution in [0.3, 0.4) is 0 Å². The van der Waals surface area contributed by atoms with Gasteiger partial charge in [0.15, 0.2) is 11.9 Å². The van der Waals surface area contributed by atoms with Gasteiger partial charge < -0.3 is 19.8 Å². The molecule has 0 bridgehead atoms. The van der Waals surface area contributed by atoms with Gasteiger partial charge in [0.25, 0.3) is 11.8 Å². The number of nitrogens with one attached hydrogen (secondary N) is 2. The summed E-state index contributed by atoms with van der Waals surface area (Å²) < 4.78 is 10.2. The molecule has 2 heterocycles. The highest BCUT2D eigenvalue weighted by atomic mass is 32.1. The van der Waals surface area contributed by atoms with Crippen molar-refractivity contribution >= 4 is 39.8 Å². The third-order valence-corrected chi connectivity index (χ3v) is 4.63. The molecule has 2 aromatic heterocycles. The first kappa shape index (κ1) is 19.9. The summed E-state index contributed by atoms with van der Waals surface area (Å²) in [5.41, 5.74) is 1.03. The van der Waals surface area contributed by atoms with E-state index in [1.165, 1.54) is 54.9 Å². The van der Waals surface area contributed by atoms with Gasteiger partial charge in [-0.1, -0.05) is 0 Å². The van der Waals surface area contributed by atoms with Crippen molar-refractivity contribution in [3.8, 4) is 6.07 Å². The van der Waals surface area contributed by atoms with Crippen LogP contribution < -0.4 is 10.6 Å². The topological polar surface area (TPSA) is 121 Å². The second-order valence-corrected chi connectivity index (χ2v) is 6.74. The molecule has 3 rings (SSSR count). The quantitative estimate of drug-likeness (QED) is 0.600. The van der Waals surface area contributed by atoms with Crippen LogP contribution in [0.5, 0.6) is 0 Å². The van der Waals surface area contributed by atoms with E-state index in [2.05, 4.69) is 10.6 Å². The lowest BCUT2D eigenvalue weighted by atomic mass is 10.2. The molecule has 0 fully saturated rings. The number of benzene rings is 1. The molecule has 2 amide bonds. The van der Waals surface area contributed by atoms with Gasteiger partial charge in [-0.25, -0.2) is 4.79 Å². The second-order valence-electron chi connectivity index (χ2n) is 5.82. The van der Waals surface area contributed by atoms with Crippen LogP contribution >= 0.6 is 11.3 Å². The number of nitrogens with zero attached hydrogens (tertiary/aromatic N) is 1. The van der Waals surface area contributed by atoms with E-state index >= 15 is 0 Å². The van der Waals surface area contributed by atoms with Gasteiger partial charge in [0.1, 0.15) is 11.1 Å². The maximum atomic E-state index is 12.3. The minimum absolute atomic E-state index is 0.165. The fourth-order valence-corrected chi connectivity index (χ4v) is 3.02. The monoisotopic (exact) mass is 409 g/mol. The molecular weight excluding hydrogens is 394 g/mol. The molecule has 0 radical (unpaired) electrons. The fraction of sp³-hybridized carbons (Fsp3) is 0.100. The van der Waals surface area contributed by atoms with Crippen molar-refractivity contribution < 1.29 is 23.5 Å². The highest BCUT2D eigenvalue weighted by molar-refractivity contribution is 7.14. The minimum atomic E-state index is -1.06. The Morgan fingerprint density at radius 1 is 1.14 bits per heavy atom. The van der Waals surface area contributed by atoms with Gasteiger partial charge in [-0.05, 0) is 54.8 Å². The van der Waals surface area contributed by atoms with E-state index in [9.17, 15) is 14.4 Å². The van der Waals surface area contributed by atoms with Crippen LogP contribution in [0.15, 0.2) is 58.5 Å². The Kier molecular flexibility index (Phi) is 6.06. The predicted molar refractivity (Wildman–Crippen MR) is 106 cm³/mol. The summed E-state index contributed by atoms with van der Waals surface area (Å²) in [6.07, 6.45) is 0.333. The number of ether oxygens (including phenoxy) is 1. The summed E-state index contributed by atoms with van der Waals surface area (Å²) in [4.78, 5) is 36.4. The van der Waals surface area contributed by atoms with Crippen molar-refractivity contribution in [2.75, 3.05) is 10.6 Å². The maximum absolute atomic E-state index is 12.3. The number of nitriles is 1. The Hall–Kier alpha value is -3.90. The van der Waals surface area contributed by atoms with Gasteiger partial charge in [-0.3, -0.25) is 9.59 Å². The van der Waals surface area contributed by atoms with Crippen molar-refractivity contribution in [3.05, 3.63) is 71.0 Å². The summed E-state index contributed by atoms with van der Waals surface area (Å²) >= 11 is 1.20. The SMILES string of the molecule is C[C@@H](OC(=O)c1ccc(NC(=O)c2ccco2)cc1)C(=O)Nc1sccc1C#N. The molecule has 0 saturated heterocycles. The van der Waals surface area contributed by atoms with Crippen LogP contribution in [0.4, 0.5) is 10.7 Å². The average Bonchev–Trinajstić information content (AvgIpc) is 3.40. The third-order valence-electron chi connectivity index (χ3n) is 3.80. The number of anilines is 2. The Balaban J connectivity index is 1.56. The number of carbonyl (C=O) groups excluding carboxylic acids is 3. The lowest BCUT2D eigenvalue weighted by molar-refractivity contribution is -0.123. The van der Waals surface area contributed by atoms with E-state index in [1.54, 1.807) is 17.5 Å². The Labute approximate surface area is 169 Å². The first-order chi connectivity index (χ1) is 14.0. The van der Waals surface area contributed by atoms with Crippen molar-refractivity contribution in [3.63, 3.8) is 0 Å². The van der Waals surface area contributed by atoms with E-state index in [0.29, 0.717) is 16.3 Å². The molecule has 1 atom stereocenters.